The van der Waals surface area contributed by atoms with Crippen LogP contribution in [-0.4, -0.2) is 34.0 Å². The minimum Gasteiger partial charge on any atom is -0.349 e. The number of nitrogens with one attached hydrogen (secondary N) is 2. The Morgan fingerprint density at radius 1 is 0.700 bits per heavy atom. The lowest BCUT2D eigenvalue weighted by atomic mass is 9.86. The monoisotopic (exact) mass is 701 g/mol. The van der Waals surface area contributed by atoms with Crippen molar-refractivity contribution in [3.8, 4) is 28.3 Å². The number of halogens is 2. The molecule has 0 atom stereocenters. The average Bonchev–Trinajstić information content (AvgIpc) is 3.55. The summed E-state index contributed by atoms with van der Waals surface area (Å²) in [5, 5.41) is 18.4. The second-order valence-corrected chi connectivity index (χ2v) is 14.9. The number of aromatic nitrogens is 2. The highest BCUT2D eigenvalue weighted by Crippen LogP contribution is 2.39. The van der Waals surface area contributed by atoms with Crippen LogP contribution in [0.1, 0.15) is 64.0 Å². The SMILES string of the molecule is Cc1c2n(c3c(-c4ccc(C(C)(C)C)cc4)cc(Cl)cc13)CCNC2=O.Cc1c2n(c3c(-c4cccc(C#N)c4)cc(Cl)cc13)CCNC2=O. The molecule has 4 aromatic carbocycles. The van der Waals surface area contributed by atoms with E-state index in [9.17, 15) is 14.9 Å². The molecule has 2 N–H and O–H groups in total. The van der Waals surface area contributed by atoms with Crippen LogP contribution in [0.4, 0.5) is 0 Å². The number of carbonyl (C=O) groups excluding carboxylic acids is 2. The molecule has 2 amide bonds. The summed E-state index contributed by atoms with van der Waals surface area (Å²) < 4.78 is 4.21. The van der Waals surface area contributed by atoms with Gasteiger partial charge in [-0.3, -0.25) is 9.59 Å². The van der Waals surface area contributed by atoms with Crippen molar-refractivity contribution < 1.29 is 9.59 Å². The topological polar surface area (TPSA) is 91.8 Å². The zero-order valence-corrected chi connectivity index (χ0v) is 30.2. The standard InChI is InChI=1S/C22H23ClN2O.C19H14ClN3O/c1-13-17-11-16(23)12-18(14-5-7-15(8-6-14)22(2,3)4)20(17)25-10-9-24-21(26)19(13)25;1-11-15-8-14(20)9-16(13-4-2-3-12(7-13)10-21)18(15)23-6-5-22-19(24)17(11)23/h5-8,11-12H,9-10H2,1-4H3,(H,24,26);2-4,7-9H,5-6H2,1H3,(H,22,24). The van der Waals surface area contributed by atoms with E-state index in [4.69, 9.17) is 23.2 Å². The van der Waals surface area contributed by atoms with E-state index in [0.717, 1.165) is 74.0 Å². The van der Waals surface area contributed by atoms with Crippen LogP contribution in [0, 0.1) is 25.2 Å². The van der Waals surface area contributed by atoms with Crippen molar-refractivity contribution in [2.75, 3.05) is 13.1 Å². The number of nitriles is 1. The Morgan fingerprint density at radius 3 is 1.68 bits per heavy atom. The lowest BCUT2D eigenvalue weighted by Crippen LogP contribution is -2.35. The van der Waals surface area contributed by atoms with E-state index >= 15 is 0 Å². The third kappa shape index (κ3) is 5.73. The van der Waals surface area contributed by atoms with Crippen LogP contribution in [0.3, 0.4) is 0 Å². The molecule has 2 aliphatic heterocycles. The van der Waals surface area contributed by atoms with E-state index in [1.165, 1.54) is 5.56 Å². The van der Waals surface area contributed by atoms with Crippen molar-refractivity contribution in [2.45, 2.75) is 53.1 Å². The fraction of sp³-hybridized carbons (Fsp3) is 0.244. The minimum atomic E-state index is -0.0530. The third-order valence-corrected chi connectivity index (χ3v) is 10.2. The van der Waals surface area contributed by atoms with E-state index < -0.39 is 0 Å². The van der Waals surface area contributed by atoms with Crippen molar-refractivity contribution in [3.05, 3.63) is 116 Å². The van der Waals surface area contributed by atoms with Gasteiger partial charge >= 0.3 is 0 Å². The predicted octanol–water partition coefficient (Wildman–Crippen LogP) is 9.20. The molecule has 6 aromatic rings. The van der Waals surface area contributed by atoms with Crippen LogP contribution in [0.25, 0.3) is 44.1 Å². The van der Waals surface area contributed by atoms with Crippen LogP contribution < -0.4 is 10.6 Å². The molecular formula is C41H37Cl2N5O2. The summed E-state index contributed by atoms with van der Waals surface area (Å²) in [6.07, 6.45) is 0. The average molecular weight is 703 g/mol. The van der Waals surface area contributed by atoms with Crippen LogP contribution in [-0.2, 0) is 18.5 Å². The maximum atomic E-state index is 12.4. The molecule has 0 aliphatic carbocycles. The Balaban J connectivity index is 0.000000157. The van der Waals surface area contributed by atoms with Crippen molar-refractivity contribution >= 4 is 56.8 Å². The third-order valence-electron chi connectivity index (χ3n) is 9.78. The molecule has 7 nitrogen and oxygen atoms in total. The van der Waals surface area contributed by atoms with Crippen molar-refractivity contribution in [1.29, 1.82) is 5.26 Å². The Bertz CT molecular complexity index is 2410. The van der Waals surface area contributed by atoms with Crippen LogP contribution in [0.15, 0.2) is 72.8 Å². The molecule has 9 heteroatoms. The maximum absolute atomic E-state index is 12.4. The van der Waals surface area contributed by atoms with Gasteiger partial charge in [0.05, 0.1) is 22.7 Å². The first-order valence-corrected chi connectivity index (χ1v) is 17.5. The number of carbonyl (C=O) groups is 2. The molecule has 0 spiro atoms. The first kappa shape index (κ1) is 33.5. The smallest absolute Gasteiger partial charge is 0.268 e. The zero-order chi connectivity index (χ0) is 35.5. The van der Waals surface area contributed by atoms with Gasteiger partial charge in [-0.05, 0) is 83.5 Å². The first-order valence-electron chi connectivity index (χ1n) is 16.7. The number of amides is 2. The zero-order valence-electron chi connectivity index (χ0n) is 28.7. The van der Waals surface area contributed by atoms with E-state index in [1.807, 2.05) is 56.3 Å². The fourth-order valence-corrected chi connectivity index (χ4v) is 7.78. The summed E-state index contributed by atoms with van der Waals surface area (Å²) in [5.41, 5.74) is 11.5. The Kier molecular flexibility index (Phi) is 8.50. The summed E-state index contributed by atoms with van der Waals surface area (Å²) in [7, 11) is 0. The van der Waals surface area contributed by atoms with Gasteiger partial charge in [-0.2, -0.15) is 5.26 Å². The summed E-state index contributed by atoms with van der Waals surface area (Å²) >= 11 is 12.8. The quantitative estimate of drug-likeness (QED) is 0.189. The van der Waals surface area contributed by atoms with Gasteiger partial charge < -0.3 is 19.8 Å². The normalized spacial score (nSPS) is 14.0. The summed E-state index contributed by atoms with van der Waals surface area (Å²) in [6.45, 7) is 13.3. The van der Waals surface area contributed by atoms with E-state index in [1.54, 1.807) is 6.07 Å². The molecule has 0 bridgehead atoms. The number of hydrogen-bond donors (Lipinski definition) is 2. The molecular weight excluding hydrogens is 665 g/mol. The summed E-state index contributed by atoms with van der Waals surface area (Å²) in [6, 6.07) is 26.1. The van der Waals surface area contributed by atoms with Gasteiger partial charge in [-0.15, -0.1) is 0 Å². The Morgan fingerprint density at radius 2 is 1.20 bits per heavy atom. The van der Waals surface area contributed by atoms with Crippen LogP contribution in [0.2, 0.25) is 10.0 Å². The number of aryl methyl sites for hydroxylation is 2. The molecule has 252 valence electrons. The number of nitrogens with zero attached hydrogens (tertiary/aromatic N) is 3. The minimum absolute atomic E-state index is 0.00453. The Hall–Kier alpha value is -5.03. The van der Waals surface area contributed by atoms with E-state index in [-0.39, 0.29) is 17.2 Å². The lowest BCUT2D eigenvalue weighted by Gasteiger charge is -2.20. The predicted molar refractivity (Wildman–Crippen MR) is 202 cm³/mol. The van der Waals surface area contributed by atoms with Gasteiger partial charge in [0.15, 0.2) is 0 Å². The molecule has 50 heavy (non-hydrogen) atoms. The highest BCUT2D eigenvalue weighted by Gasteiger charge is 2.27. The van der Waals surface area contributed by atoms with E-state index in [2.05, 4.69) is 70.9 Å². The summed E-state index contributed by atoms with van der Waals surface area (Å²) in [5.74, 6) is -0.0575. The van der Waals surface area contributed by atoms with Gasteiger partial charge in [0.1, 0.15) is 11.4 Å². The number of hydrogen-bond acceptors (Lipinski definition) is 3. The van der Waals surface area contributed by atoms with Crippen molar-refractivity contribution in [3.63, 3.8) is 0 Å². The van der Waals surface area contributed by atoms with Gasteiger partial charge in [0, 0.05) is 58.1 Å². The molecule has 0 radical (unpaired) electrons. The molecule has 0 fully saturated rings. The summed E-state index contributed by atoms with van der Waals surface area (Å²) in [4.78, 5) is 24.7. The fourth-order valence-electron chi connectivity index (χ4n) is 7.34. The number of fused-ring (bicyclic) bond motifs is 6. The second kappa shape index (κ2) is 12.7. The molecule has 0 saturated heterocycles. The maximum Gasteiger partial charge on any atom is 0.268 e. The lowest BCUT2D eigenvalue weighted by molar-refractivity contribution is 0.0920. The molecule has 2 aromatic heterocycles. The van der Waals surface area contributed by atoms with Crippen LogP contribution in [0.5, 0.6) is 0 Å². The van der Waals surface area contributed by atoms with Gasteiger partial charge in [-0.25, -0.2) is 0 Å². The highest BCUT2D eigenvalue weighted by atomic mass is 35.5. The Labute approximate surface area is 301 Å². The second-order valence-electron chi connectivity index (χ2n) is 14.0. The van der Waals surface area contributed by atoms with Crippen LogP contribution >= 0.6 is 23.2 Å². The number of benzene rings is 4. The van der Waals surface area contributed by atoms with Crippen molar-refractivity contribution in [2.24, 2.45) is 0 Å². The molecule has 8 rings (SSSR count). The number of rotatable bonds is 2. The van der Waals surface area contributed by atoms with Gasteiger partial charge in [0.25, 0.3) is 11.8 Å². The van der Waals surface area contributed by atoms with Gasteiger partial charge in [-0.1, -0.05) is 80.4 Å². The molecule has 0 saturated carbocycles. The van der Waals surface area contributed by atoms with Crippen molar-refractivity contribution in [1.82, 2.24) is 19.8 Å². The molecule has 2 aliphatic rings. The van der Waals surface area contributed by atoms with E-state index in [0.29, 0.717) is 34.4 Å². The largest absolute Gasteiger partial charge is 0.349 e. The molecule has 0 unspecified atom stereocenters. The van der Waals surface area contributed by atoms with Gasteiger partial charge in [0.2, 0.25) is 0 Å². The highest BCUT2D eigenvalue weighted by molar-refractivity contribution is 6.32. The molecule has 4 heterocycles. The first-order chi connectivity index (χ1) is 23.9.